The van der Waals surface area contributed by atoms with Crippen molar-refractivity contribution < 1.29 is 12.8 Å². The van der Waals surface area contributed by atoms with Gasteiger partial charge in [0.2, 0.25) is 16.0 Å². The number of nitrogens with two attached hydrogens (primary N) is 1. The molecule has 0 unspecified atom stereocenters. The highest BCUT2D eigenvalue weighted by Crippen LogP contribution is 2.12. The fraction of sp³-hybridized carbons (Fsp3) is 0.556. The monoisotopic (exact) mass is 277 g/mol. The largest absolute Gasteiger partial charge is 0.368 e. The summed E-state index contributed by atoms with van der Waals surface area (Å²) in [5, 5.41) is 2.68. The first-order chi connectivity index (χ1) is 8.09. The molecule has 0 saturated heterocycles. The van der Waals surface area contributed by atoms with Crippen LogP contribution in [0.3, 0.4) is 0 Å². The van der Waals surface area contributed by atoms with Crippen LogP contribution in [0, 0.1) is 5.82 Å². The Hall–Kier alpha value is -1.48. The maximum Gasteiger partial charge on any atom is 0.222 e. The summed E-state index contributed by atoms with van der Waals surface area (Å²) in [5.41, 5.74) is 4.54. The second-order valence-electron chi connectivity index (χ2n) is 4.54. The van der Waals surface area contributed by atoms with Gasteiger partial charge in [-0.1, -0.05) is 0 Å². The fourth-order valence-corrected chi connectivity index (χ4v) is 2.42. The smallest absolute Gasteiger partial charge is 0.222 e. The highest BCUT2D eigenvalue weighted by atomic mass is 32.2. The lowest BCUT2D eigenvalue weighted by Gasteiger charge is -2.25. The van der Waals surface area contributed by atoms with E-state index < -0.39 is 21.4 Å². The first-order valence-electron chi connectivity index (χ1n) is 5.10. The molecule has 102 valence electrons. The van der Waals surface area contributed by atoms with E-state index in [9.17, 15) is 12.8 Å². The van der Waals surface area contributed by atoms with Crippen molar-refractivity contribution in [3.8, 4) is 0 Å². The molecule has 0 atom stereocenters. The summed E-state index contributed by atoms with van der Waals surface area (Å²) in [6, 6.07) is 0. The molecule has 1 aromatic heterocycles. The maximum absolute atomic E-state index is 13.3. The highest BCUT2D eigenvalue weighted by molar-refractivity contribution is 7.88. The van der Waals surface area contributed by atoms with Crippen LogP contribution in [0.25, 0.3) is 0 Å². The second kappa shape index (κ2) is 5.02. The number of rotatable bonds is 5. The lowest BCUT2D eigenvalue weighted by molar-refractivity contribution is 0.474. The maximum atomic E-state index is 13.3. The first-order valence-corrected chi connectivity index (χ1v) is 6.99. The van der Waals surface area contributed by atoms with Crippen molar-refractivity contribution in [2.75, 3.05) is 23.9 Å². The molecule has 0 radical (unpaired) electrons. The molecule has 9 heteroatoms. The minimum Gasteiger partial charge on any atom is -0.368 e. The molecule has 0 spiro atoms. The van der Waals surface area contributed by atoms with Crippen molar-refractivity contribution in [3.05, 3.63) is 12.0 Å². The van der Waals surface area contributed by atoms with Crippen molar-refractivity contribution in [3.63, 3.8) is 0 Å². The van der Waals surface area contributed by atoms with Crippen LogP contribution in [0.4, 0.5) is 16.2 Å². The van der Waals surface area contributed by atoms with Gasteiger partial charge in [-0.2, -0.15) is 4.98 Å². The van der Waals surface area contributed by atoms with Gasteiger partial charge in [-0.05, 0) is 13.8 Å². The molecule has 4 N–H and O–H groups in total. The molecule has 1 heterocycles. The SMILES string of the molecule is CC(C)(CNc1nc(N)ncc1F)NS(C)(=O)=O. The third-order valence-corrected chi connectivity index (χ3v) is 2.85. The third-order valence-electron chi connectivity index (χ3n) is 1.92. The van der Waals surface area contributed by atoms with Crippen molar-refractivity contribution in [2.24, 2.45) is 0 Å². The van der Waals surface area contributed by atoms with E-state index in [0.717, 1.165) is 12.5 Å². The molecule has 0 fully saturated rings. The second-order valence-corrected chi connectivity index (χ2v) is 6.28. The summed E-state index contributed by atoms with van der Waals surface area (Å²) < 4.78 is 38.0. The topological polar surface area (TPSA) is 110 Å². The molecule has 0 bridgehead atoms. The number of aromatic nitrogens is 2. The van der Waals surface area contributed by atoms with Crippen LogP contribution in [0.1, 0.15) is 13.8 Å². The minimum absolute atomic E-state index is 0.0622. The Kier molecular flexibility index (Phi) is 4.07. The normalized spacial score (nSPS) is 12.4. The Morgan fingerprint density at radius 1 is 1.50 bits per heavy atom. The van der Waals surface area contributed by atoms with Crippen molar-refractivity contribution in [1.82, 2.24) is 14.7 Å². The van der Waals surface area contributed by atoms with E-state index in [1.165, 1.54) is 0 Å². The van der Waals surface area contributed by atoms with Crippen LogP contribution in [0.15, 0.2) is 6.20 Å². The molecule has 0 aliphatic rings. The minimum atomic E-state index is -3.35. The number of nitrogens with zero attached hydrogens (tertiary/aromatic N) is 2. The summed E-state index contributed by atoms with van der Waals surface area (Å²) >= 11 is 0. The predicted molar refractivity (Wildman–Crippen MR) is 67.0 cm³/mol. The molecule has 7 nitrogen and oxygen atoms in total. The van der Waals surface area contributed by atoms with Crippen LogP contribution in [-0.2, 0) is 10.0 Å². The van der Waals surface area contributed by atoms with Crippen LogP contribution in [0.5, 0.6) is 0 Å². The van der Waals surface area contributed by atoms with E-state index in [2.05, 4.69) is 20.0 Å². The summed E-state index contributed by atoms with van der Waals surface area (Å²) in [6.07, 6.45) is 2.00. The summed E-state index contributed by atoms with van der Waals surface area (Å²) in [5.74, 6) is -0.780. The van der Waals surface area contributed by atoms with Crippen LogP contribution < -0.4 is 15.8 Å². The molecular formula is C9H16FN5O2S. The van der Waals surface area contributed by atoms with Crippen LogP contribution >= 0.6 is 0 Å². The Labute approximate surface area is 105 Å². The van der Waals surface area contributed by atoms with Gasteiger partial charge in [0, 0.05) is 12.1 Å². The summed E-state index contributed by atoms with van der Waals surface area (Å²) in [6.45, 7) is 3.46. The zero-order valence-electron chi connectivity index (χ0n) is 10.4. The van der Waals surface area contributed by atoms with E-state index in [-0.39, 0.29) is 18.3 Å². The lowest BCUT2D eigenvalue weighted by atomic mass is 10.1. The fourth-order valence-electron chi connectivity index (χ4n) is 1.35. The Morgan fingerprint density at radius 2 is 2.11 bits per heavy atom. The first kappa shape index (κ1) is 14.6. The van der Waals surface area contributed by atoms with Gasteiger partial charge in [0.05, 0.1) is 12.5 Å². The average molecular weight is 277 g/mol. The Balaban J connectivity index is 2.72. The van der Waals surface area contributed by atoms with Gasteiger partial charge >= 0.3 is 0 Å². The zero-order chi connectivity index (χ0) is 14.0. The van der Waals surface area contributed by atoms with Crippen molar-refractivity contribution in [1.29, 1.82) is 0 Å². The number of hydrogen-bond acceptors (Lipinski definition) is 6. The predicted octanol–water partition coefficient (Wildman–Crippen LogP) is -0.0624. The zero-order valence-corrected chi connectivity index (χ0v) is 11.2. The molecule has 0 amide bonds. The third kappa shape index (κ3) is 4.80. The molecule has 0 saturated carbocycles. The van der Waals surface area contributed by atoms with Gasteiger partial charge in [0.25, 0.3) is 0 Å². The molecule has 1 rings (SSSR count). The Bertz CT molecular complexity index is 532. The molecule has 0 aromatic carbocycles. The molecule has 18 heavy (non-hydrogen) atoms. The number of sulfonamides is 1. The number of hydrogen-bond donors (Lipinski definition) is 3. The number of nitrogen functional groups attached to an aromatic ring is 1. The van der Waals surface area contributed by atoms with Crippen molar-refractivity contribution >= 4 is 21.8 Å². The van der Waals surface area contributed by atoms with E-state index in [0.29, 0.717) is 0 Å². The highest BCUT2D eigenvalue weighted by Gasteiger charge is 2.22. The van der Waals surface area contributed by atoms with E-state index in [4.69, 9.17) is 5.73 Å². The lowest BCUT2D eigenvalue weighted by Crippen LogP contribution is -2.47. The van der Waals surface area contributed by atoms with E-state index >= 15 is 0 Å². The molecule has 1 aromatic rings. The van der Waals surface area contributed by atoms with Gasteiger partial charge in [-0.3, -0.25) is 0 Å². The molecular weight excluding hydrogens is 261 g/mol. The number of nitrogens with one attached hydrogen (secondary N) is 2. The van der Waals surface area contributed by atoms with Gasteiger partial charge in [0.15, 0.2) is 11.6 Å². The number of anilines is 2. The Morgan fingerprint density at radius 3 is 2.67 bits per heavy atom. The molecule has 0 aliphatic heterocycles. The van der Waals surface area contributed by atoms with Crippen LogP contribution in [0.2, 0.25) is 0 Å². The summed E-state index contributed by atoms with van der Waals surface area (Å²) in [4.78, 5) is 7.16. The van der Waals surface area contributed by atoms with E-state index in [1.807, 2.05) is 0 Å². The van der Waals surface area contributed by atoms with Gasteiger partial charge in [-0.15, -0.1) is 0 Å². The van der Waals surface area contributed by atoms with Gasteiger partial charge in [0.1, 0.15) is 0 Å². The van der Waals surface area contributed by atoms with Crippen LogP contribution in [-0.4, -0.2) is 36.7 Å². The number of halogens is 1. The average Bonchev–Trinajstić information content (AvgIpc) is 2.16. The summed E-state index contributed by atoms with van der Waals surface area (Å²) in [7, 11) is -3.35. The van der Waals surface area contributed by atoms with Crippen molar-refractivity contribution in [2.45, 2.75) is 19.4 Å². The van der Waals surface area contributed by atoms with E-state index in [1.54, 1.807) is 13.8 Å². The molecule has 0 aliphatic carbocycles. The quantitative estimate of drug-likeness (QED) is 0.695. The standard InChI is InChI=1S/C9H16FN5O2S/c1-9(2,15-18(3,16)17)5-13-7-6(10)4-12-8(11)14-7/h4,15H,5H2,1-3H3,(H3,11,12,13,14). The van der Waals surface area contributed by atoms with Gasteiger partial charge in [-0.25, -0.2) is 22.5 Å². The van der Waals surface area contributed by atoms with Gasteiger partial charge < -0.3 is 11.1 Å².